The van der Waals surface area contributed by atoms with Crippen LogP contribution in [0.4, 0.5) is 0 Å². The van der Waals surface area contributed by atoms with Crippen LogP contribution >= 0.6 is 0 Å². The molecular weight excluding hydrogens is 230 g/mol. The van der Waals surface area contributed by atoms with Crippen LogP contribution in [0.1, 0.15) is 17.5 Å². The zero-order valence-electron chi connectivity index (χ0n) is 12.2. The van der Waals surface area contributed by atoms with Crippen LogP contribution in [0.3, 0.4) is 0 Å². The van der Waals surface area contributed by atoms with Crippen molar-refractivity contribution in [2.45, 2.75) is 19.8 Å². The molecule has 0 aromatic heterocycles. The Balaban J connectivity index is 2.11. The maximum absolute atomic E-state index is 2.32. The number of aryl methyl sites for hydroxylation is 2. The molecule has 0 N–H and O–H groups in total. The molecule has 0 saturated carbocycles. The van der Waals surface area contributed by atoms with E-state index >= 15 is 0 Å². The molecule has 0 fully saturated rings. The molecule has 0 saturated heterocycles. The highest BCUT2D eigenvalue weighted by Crippen LogP contribution is 2.21. The third kappa shape index (κ3) is 4.22. The maximum atomic E-state index is 2.32. The van der Waals surface area contributed by atoms with Crippen LogP contribution in [0, 0.1) is 6.92 Å². The molecule has 1 nitrogen and oxygen atoms in total. The van der Waals surface area contributed by atoms with Gasteiger partial charge in [-0.25, -0.2) is 0 Å². The number of benzene rings is 2. The van der Waals surface area contributed by atoms with Crippen molar-refractivity contribution in [2.75, 3.05) is 20.6 Å². The Hall–Kier alpha value is -1.60. The molecule has 0 bridgehead atoms. The molecule has 19 heavy (non-hydrogen) atoms. The Morgan fingerprint density at radius 1 is 0.895 bits per heavy atom. The molecule has 0 amide bonds. The predicted molar refractivity (Wildman–Crippen MR) is 83.5 cm³/mol. The van der Waals surface area contributed by atoms with Crippen molar-refractivity contribution >= 4 is 0 Å². The van der Waals surface area contributed by atoms with Crippen LogP contribution in [0.5, 0.6) is 0 Å². The molecule has 0 heterocycles. The van der Waals surface area contributed by atoms with Gasteiger partial charge in [-0.1, -0.05) is 54.1 Å². The van der Waals surface area contributed by atoms with E-state index in [4.69, 9.17) is 0 Å². The van der Waals surface area contributed by atoms with E-state index in [9.17, 15) is 0 Å². The minimum absolute atomic E-state index is 1.15. The molecule has 2 aromatic rings. The van der Waals surface area contributed by atoms with Gasteiger partial charge in [0.1, 0.15) is 0 Å². The minimum atomic E-state index is 1.15. The third-order valence-electron chi connectivity index (χ3n) is 3.35. The topological polar surface area (TPSA) is 3.24 Å². The summed E-state index contributed by atoms with van der Waals surface area (Å²) < 4.78 is 0. The molecule has 0 aliphatic carbocycles. The summed E-state index contributed by atoms with van der Waals surface area (Å²) in [5.41, 5.74) is 5.39. The highest BCUT2D eigenvalue weighted by Gasteiger charge is 2.00. The maximum Gasteiger partial charge on any atom is -0.00217 e. The largest absolute Gasteiger partial charge is 0.309 e. The van der Waals surface area contributed by atoms with E-state index in [0.29, 0.717) is 0 Å². The van der Waals surface area contributed by atoms with Gasteiger partial charge >= 0.3 is 0 Å². The Morgan fingerprint density at radius 2 is 1.58 bits per heavy atom. The number of nitrogens with zero attached hydrogens (tertiary/aromatic N) is 1. The van der Waals surface area contributed by atoms with Crippen molar-refractivity contribution in [1.29, 1.82) is 0 Å². The van der Waals surface area contributed by atoms with E-state index in [2.05, 4.69) is 74.4 Å². The molecule has 0 aliphatic heterocycles. The van der Waals surface area contributed by atoms with Gasteiger partial charge in [0.15, 0.2) is 0 Å². The van der Waals surface area contributed by atoms with E-state index < -0.39 is 0 Å². The van der Waals surface area contributed by atoms with Crippen LogP contribution in [-0.4, -0.2) is 25.5 Å². The zero-order valence-corrected chi connectivity index (χ0v) is 12.2. The minimum Gasteiger partial charge on any atom is -0.309 e. The summed E-state index contributed by atoms with van der Waals surface area (Å²) in [6.45, 7) is 3.29. The summed E-state index contributed by atoms with van der Waals surface area (Å²) in [7, 11) is 4.26. The Morgan fingerprint density at radius 3 is 2.26 bits per heavy atom. The lowest BCUT2D eigenvalue weighted by Gasteiger charge is -2.10. The second-order valence-corrected chi connectivity index (χ2v) is 5.48. The fraction of sp³-hybridized carbons (Fsp3) is 0.333. The van der Waals surface area contributed by atoms with Gasteiger partial charge < -0.3 is 4.90 Å². The summed E-state index contributed by atoms with van der Waals surface area (Å²) >= 11 is 0. The van der Waals surface area contributed by atoms with Crippen molar-refractivity contribution in [3.63, 3.8) is 0 Å². The number of hydrogen-bond donors (Lipinski definition) is 0. The molecule has 0 aliphatic rings. The Labute approximate surface area is 116 Å². The van der Waals surface area contributed by atoms with Gasteiger partial charge in [0.25, 0.3) is 0 Å². The van der Waals surface area contributed by atoms with Gasteiger partial charge in [-0.15, -0.1) is 0 Å². The first-order valence-corrected chi connectivity index (χ1v) is 6.96. The van der Waals surface area contributed by atoms with Crippen molar-refractivity contribution in [2.24, 2.45) is 0 Å². The fourth-order valence-electron chi connectivity index (χ4n) is 2.33. The second-order valence-electron chi connectivity index (χ2n) is 5.48. The number of rotatable bonds is 5. The molecule has 1 heteroatoms. The lowest BCUT2D eigenvalue weighted by atomic mass is 10.00. The fourth-order valence-corrected chi connectivity index (χ4v) is 2.33. The van der Waals surface area contributed by atoms with Gasteiger partial charge in [0.05, 0.1) is 0 Å². The van der Waals surface area contributed by atoms with Crippen LogP contribution < -0.4 is 0 Å². The van der Waals surface area contributed by atoms with E-state index in [1.165, 1.54) is 28.7 Å². The van der Waals surface area contributed by atoms with Crippen LogP contribution in [0.15, 0.2) is 48.5 Å². The molecule has 0 atom stereocenters. The molecule has 0 radical (unpaired) electrons. The van der Waals surface area contributed by atoms with Crippen LogP contribution in [0.2, 0.25) is 0 Å². The Kier molecular flexibility index (Phi) is 4.75. The summed E-state index contributed by atoms with van der Waals surface area (Å²) in [6.07, 6.45) is 2.36. The average molecular weight is 253 g/mol. The molecule has 0 unspecified atom stereocenters. The lowest BCUT2D eigenvalue weighted by molar-refractivity contribution is 0.400. The van der Waals surface area contributed by atoms with Gasteiger partial charge in [-0.3, -0.25) is 0 Å². The predicted octanol–water partition coefficient (Wildman–Crippen LogP) is 4.16. The molecule has 2 rings (SSSR count). The molecule has 100 valence electrons. The van der Waals surface area contributed by atoms with Gasteiger partial charge in [-0.2, -0.15) is 0 Å². The van der Waals surface area contributed by atoms with E-state index in [-0.39, 0.29) is 0 Å². The van der Waals surface area contributed by atoms with Crippen LogP contribution in [-0.2, 0) is 6.42 Å². The quantitative estimate of drug-likeness (QED) is 0.773. The van der Waals surface area contributed by atoms with Gasteiger partial charge in [0, 0.05) is 0 Å². The highest BCUT2D eigenvalue weighted by molar-refractivity contribution is 5.64. The average Bonchev–Trinajstić information content (AvgIpc) is 2.39. The first kappa shape index (κ1) is 13.8. The van der Waals surface area contributed by atoms with E-state index in [0.717, 1.165) is 13.0 Å². The molecule has 2 aromatic carbocycles. The molecular formula is C18H23N. The number of hydrogen-bond acceptors (Lipinski definition) is 1. The van der Waals surface area contributed by atoms with Crippen molar-refractivity contribution in [1.82, 2.24) is 4.90 Å². The normalized spacial score (nSPS) is 10.9. The lowest BCUT2D eigenvalue weighted by Crippen LogP contribution is -2.13. The summed E-state index contributed by atoms with van der Waals surface area (Å²) in [5.74, 6) is 0. The zero-order chi connectivity index (χ0) is 13.7. The van der Waals surface area contributed by atoms with E-state index in [1.807, 2.05) is 0 Å². The standard InChI is InChI=1S/C18H23N/c1-15-7-4-10-17(13-15)18-11-5-8-16(14-18)9-6-12-19(2)3/h4-5,7-8,10-11,13-14H,6,9,12H2,1-3H3. The summed E-state index contributed by atoms with van der Waals surface area (Å²) in [4.78, 5) is 2.24. The summed E-state index contributed by atoms with van der Waals surface area (Å²) in [5, 5.41) is 0. The van der Waals surface area contributed by atoms with E-state index in [1.54, 1.807) is 0 Å². The second kappa shape index (κ2) is 6.53. The molecule has 0 spiro atoms. The monoisotopic (exact) mass is 253 g/mol. The van der Waals surface area contributed by atoms with Crippen molar-refractivity contribution in [3.05, 3.63) is 59.7 Å². The first-order chi connectivity index (χ1) is 9.15. The highest BCUT2D eigenvalue weighted by atomic mass is 15.0. The van der Waals surface area contributed by atoms with Gasteiger partial charge in [-0.05, 0) is 57.1 Å². The SMILES string of the molecule is Cc1cccc(-c2cccc(CCCN(C)C)c2)c1. The third-order valence-corrected chi connectivity index (χ3v) is 3.35. The first-order valence-electron chi connectivity index (χ1n) is 6.96. The Bertz CT molecular complexity index is 529. The summed E-state index contributed by atoms with van der Waals surface area (Å²) in [6, 6.07) is 17.6. The smallest absolute Gasteiger partial charge is 0.00217 e. The van der Waals surface area contributed by atoms with Crippen molar-refractivity contribution in [3.8, 4) is 11.1 Å². The van der Waals surface area contributed by atoms with Crippen molar-refractivity contribution < 1.29 is 0 Å². The van der Waals surface area contributed by atoms with Crippen LogP contribution in [0.25, 0.3) is 11.1 Å². The van der Waals surface area contributed by atoms with Gasteiger partial charge in [0.2, 0.25) is 0 Å².